The lowest BCUT2D eigenvalue weighted by molar-refractivity contribution is -0.137. The standard InChI is InChI=1S/C22H19F3N6O2/c1-11-7-12(22(23,24)25)9-13(8-11)29-21-28-10-16(18(26)32)19(31-21)30-17-4-2-3-15-14(17)5-6-27-20(15)33/h2-4,7-10H,5-6H2,1H3,(H2,26,32)(H,27,33)(H2,28,29,30,31). The van der Waals surface area contributed by atoms with E-state index in [2.05, 4.69) is 25.9 Å². The van der Waals surface area contributed by atoms with E-state index in [1.54, 1.807) is 25.1 Å². The van der Waals surface area contributed by atoms with E-state index in [1.807, 2.05) is 0 Å². The van der Waals surface area contributed by atoms with Gasteiger partial charge in [0.2, 0.25) is 5.95 Å². The molecule has 2 heterocycles. The van der Waals surface area contributed by atoms with Crippen LogP contribution < -0.4 is 21.7 Å². The largest absolute Gasteiger partial charge is 0.416 e. The molecule has 0 saturated carbocycles. The van der Waals surface area contributed by atoms with Crippen molar-refractivity contribution in [1.29, 1.82) is 0 Å². The number of carbonyl (C=O) groups is 2. The summed E-state index contributed by atoms with van der Waals surface area (Å²) in [6.07, 6.45) is -2.76. The lowest BCUT2D eigenvalue weighted by Crippen LogP contribution is -2.32. The summed E-state index contributed by atoms with van der Waals surface area (Å²) in [5, 5.41) is 8.52. The SMILES string of the molecule is Cc1cc(Nc2ncc(C(N)=O)c(Nc3cccc4c3CCNC4=O)n2)cc(C(F)(F)F)c1. The minimum atomic E-state index is -4.51. The number of carbonyl (C=O) groups excluding carboxylic acids is 2. The van der Waals surface area contributed by atoms with Gasteiger partial charge in [-0.05, 0) is 54.8 Å². The Bertz CT molecular complexity index is 1260. The number of primary amides is 1. The molecule has 2 amide bonds. The number of amides is 2. The molecule has 0 fully saturated rings. The van der Waals surface area contributed by atoms with Crippen LogP contribution in [0, 0.1) is 6.92 Å². The van der Waals surface area contributed by atoms with Crippen LogP contribution in [0.1, 0.15) is 37.4 Å². The minimum absolute atomic E-state index is 0.0152. The zero-order valence-electron chi connectivity index (χ0n) is 17.4. The van der Waals surface area contributed by atoms with Gasteiger partial charge in [0, 0.05) is 29.7 Å². The number of hydrogen-bond acceptors (Lipinski definition) is 6. The molecule has 1 aromatic heterocycles. The first-order chi connectivity index (χ1) is 15.6. The summed E-state index contributed by atoms with van der Waals surface area (Å²) < 4.78 is 39.5. The average molecular weight is 456 g/mol. The number of hydrogen-bond donors (Lipinski definition) is 4. The van der Waals surface area contributed by atoms with E-state index in [0.717, 1.165) is 17.7 Å². The van der Waals surface area contributed by atoms with Gasteiger partial charge in [-0.3, -0.25) is 9.59 Å². The topological polar surface area (TPSA) is 122 Å². The molecule has 0 unspecified atom stereocenters. The summed E-state index contributed by atoms with van der Waals surface area (Å²) in [6, 6.07) is 8.59. The molecular weight excluding hydrogens is 437 g/mol. The first-order valence-corrected chi connectivity index (χ1v) is 9.91. The number of aromatic nitrogens is 2. The molecule has 1 aliphatic rings. The molecule has 1 aliphatic heterocycles. The Balaban J connectivity index is 1.70. The fourth-order valence-corrected chi connectivity index (χ4v) is 3.58. The van der Waals surface area contributed by atoms with Crippen molar-refractivity contribution in [3.63, 3.8) is 0 Å². The van der Waals surface area contributed by atoms with Gasteiger partial charge >= 0.3 is 6.18 Å². The molecule has 11 heteroatoms. The summed E-state index contributed by atoms with van der Waals surface area (Å²) in [5.74, 6) is -0.978. The maximum absolute atomic E-state index is 13.2. The van der Waals surface area contributed by atoms with Crippen molar-refractivity contribution in [1.82, 2.24) is 15.3 Å². The van der Waals surface area contributed by atoms with Crippen LogP contribution in [0.3, 0.4) is 0 Å². The first kappa shape index (κ1) is 22.1. The van der Waals surface area contributed by atoms with Gasteiger partial charge in [-0.25, -0.2) is 4.98 Å². The molecule has 2 aromatic carbocycles. The predicted molar refractivity (Wildman–Crippen MR) is 116 cm³/mol. The van der Waals surface area contributed by atoms with E-state index in [1.165, 1.54) is 12.3 Å². The van der Waals surface area contributed by atoms with Crippen LogP contribution in [0.4, 0.5) is 36.3 Å². The van der Waals surface area contributed by atoms with Crippen molar-refractivity contribution in [2.45, 2.75) is 19.5 Å². The Hall–Kier alpha value is -4.15. The number of anilines is 4. The van der Waals surface area contributed by atoms with Gasteiger partial charge in [0.05, 0.1) is 5.56 Å². The Morgan fingerprint density at radius 2 is 1.97 bits per heavy atom. The highest BCUT2D eigenvalue weighted by molar-refractivity contribution is 6.00. The highest BCUT2D eigenvalue weighted by Crippen LogP contribution is 2.33. The van der Waals surface area contributed by atoms with Crippen LogP contribution in [0.25, 0.3) is 0 Å². The van der Waals surface area contributed by atoms with Gasteiger partial charge < -0.3 is 21.7 Å². The fraction of sp³-hybridized carbons (Fsp3) is 0.182. The van der Waals surface area contributed by atoms with Gasteiger partial charge in [-0.15, -0.1) is 0 Å². The van der Waals surface area contributed by atoms with Crippen molar-refractivity contribution < 1.29 is 22.8 Å². The van der Waals surface area contributed by atoms with Crippen LogP contribution in [0.15, 0.2) is 42.6 Å². The molecule has 5 N–H and O–H groups in total. The number of aryl methyl sites for hydroxylation is 1. The summed E-state index contributed by atoms with van der Waals surface area (Å²) in [4.78, 5) is 32.3. The third kappa shape index (κ3) is 4.71. The highest BCUT2D eigenvalue weighted by Gasteiger charge is 2.31. The second-order valence-corrected chi connectivity index (χ2v) is 7.49. The molecule has 0 bridgehead atoms. The van der Waals surface area contributed by atoms with E-state index in [-0.39, 0.29) is 28.9 Å². The van der Waals surface area contributed by atoms with Gasteiger partial charge in [-0.2, -0.15) is 18.2 Å². The lowest BCUT2D eigenvalue weighted by atomic mass is 9.98. The number of fused-ring (bicyclic) bond motifs is 1. The summed E-state index contributed by atoms with van der Waals surface area (Å²) in [5.41, 5.74) is 6.96. The van der Waals surface area contributed by atoms with E-state index in [0.29, 0.717) is 29.8 Å². The maximum Gasteiger partial charge on any atom is 0.416 e. The van der Waals surface area contributed by atoms with E-state index in [4.69, 9.17) is 5.73 Å². The molecule has 170 valence electrons. The second kappa shape index (κ2) is 8.41. The molecule has 0 saturated heterocycles. The van der Waals surface area contributed by atoms with Crippen molar-refractivity contribution in [3.05, 3.63) is 70.4 Å². The zero-order valence-corrected chi connectivity index (χ0v) is 17.4. The van der Waals surface area contributed by atoms with Crippen LogP contribution in [0.2, 0.25) is 0 Å². The molecule has 33 heavy (non-hydrogen) atoms. The molecule has 0 atom stereocenters. The zero-order chi connectivity index (χ0) is 23.8. The Morgan fingerprint density at radius 1 is 1.18 bits per heavy atom. The summed E-state index contributed by atoms with van der Waals surface area (Å²) in [6.45, 7) is 2.00. The first-order valence-electron chi connectivity index (χ1n) is 9.91. The van der Waals surface area contributed by atoms with Crippen LogP contribution >= 0.6 is 0 Å². The predicted octanol–water partition coefficient (Wildman–Crippen LogP) is 3.68. The molecule has 0 aliphatic carbocycles. The van der Waals surface area contributed by atoms with E-state index >= 15 is 0 Å². The number of nitrogens with one attached hydrogen (secondary N) is 3. The van der Waals surface area contributed by atoms with Crippen molar-refractivity contribution in [2.75, 3.05) is 17.2 Å². The van der Waals surface area contributed by atoms with Gasteiger partial charge in [0.15, 0.2) is 0 Å². The smallest absolute Gasteiger partial charge is 0.365 e. The molecule has 8 nitrogen and oxygen atoms in total. The van der Waals surface area contributed by atoms with Gasteiger partial charge in [0.25, 0.3) is 11.8 Å². The monoisotopic (exact) mass is 456 g/mol. The quantitative estimate of drug-likeness (QED) is 0.465. The molecular formula is C22H19F3N6O2. The fourth-order valence-electron chi connectivity index (χ4n) is 3.58. The third-order valence-corrected chi connectivity index (χ3v) is 5.05. The minimum Gasteiger partial charge on any atom is -0.365 e. The van der Waals surface area contributed by atoms with Crippen LogP contribution in [-0.4, -0.2) is 28.3 Å². The second-order valence-electron chi connectivity index (χ2n) is 7.49. The Morgan fingerprint density at radius 3 is 2.70 bits per heavy atom. The Labute approximate surface area is 186 Å². The van der Waals surface area contributed by atoms with Gasteiger partial charge in [0.1, 0.15) is 11.4 Å². The summed E-state index contributed by atoms with van der Waals surface area (Å²) in [7, 11) is 0. The lowest BCUT2D eigenvalue weighted by Gasteiger charge is -2.21. The third-order valence-electron chi connectivity index (χ3n) is 5.05. The van der Waals surface area contributed by atoms with Crippen molar-refractivity contribution in [3.8, 4) is 0 Å². The number of nitrogens with two attached hydrogens (primary N) is 1. The number of nitrogens with zero attached hydrogens (tertiary/aromatic N) is 2. The normalized spacial score (nSPS) is 13.2. The number of alkyl halides is 3. The molecule has 0 spiro atoms. The molecule has 0 radical (unpaired) electrons. The van der Waals surface area contributed by atoms with E-state index < -0.39 is 17.6 Å². The molecule has 3 aromatic rings. The van der Waals surface area contributed by atoms with Crippen LogP contribution in [-0.2, 0) is 12.6 Å². The number of benzene rings is 2. The highest BCUT2D eigenvalue weighted by atomic mass is 19.4. The van der Waals surface area contributed by atoms with Crippen LogP contribution in [0.5, 0.6) is 0 Å². The number of rotatable bonds is 5. The van der Waals surface area contributed by atoms with Gasteiger partial charge in [-0.1, -0.05) is 6.07 Å². The Kier molecular flexibility index (Phi) is 5.62. The number of halogens is 3. The average Bonchev–Trinajstić information content (AvgIpc) is 2.73. The summed E-state index contributed by atoms with van der Waals surface area (Å²) >= 11 is 0. The molecule has 4 rings (SSSR count). The maximum atomic E-state index is 13.2. The van der Waals surface area contributed by atoms with E-state index in [9.17, 15) is 22.8 Å². The van der Waals surface area contributed by atoms with Crippen molar-refractivity contribution >= 4 is 35.0 Å². The van der Waals surface area contributed by atoms with Crippen molar-refractivity contribution in [2.24, 2.45) is 5.73 Å².